The van der Waals surface area contributed by atoms with E-state index in [0.717, 1.165) is 4.90 Å². The van der Waals surface area contributed by atoms with Gasteiger partial charge in [-0.1, -0.05) is 18.2 Å². The van der Waals surface area contributed by atoms with Crippen LogP contribution in [0.4, 0.5) is 10.5 Å². The zero-order valence-corrected chi connectivity index (χ0v) is 8.58. The molecule has 1 aromatic carbocycles. The molecule has 1 saturated heterocycles. The molecule has 0 aromatic heterocycles. The number of nitriles is 1. The van der Waals surface area contributed by atoms with E-state index in [-0.39, 0.29) is 0 Å². The number of carbonyl (C=O) groups is 3. The van der Waals surface area contributed by atoms with Gasteiger partial charge < -0.3 is 0 Å². The van der Waals surface area contributed by atoms with Gasteiger partial charge in [0, 0.05) is 0 Å². The molecule has 1 aliphatic rings. The van der Waals surface area contributed by atoms with Gasteiger partial charge in [-0.2, -0.15) is 5.26 Å². The number of benzene rings is 1. The van der Waals surface area contributed by atoms with Crippen molar-refractivity contribution in [1.29, 1.82) is 5.26 Å². The van der Waals surface area contributed by atoms with Gasteiger partial charge in [0.25, 0.3) is 11.8 Å². The number of anilines is 1. The molecule has 0 radical (unpaired) electrons. The Morgan fingerprint density at radius 3 is 2.41 bits per heavy atom. The van der Waals surface area contributed by atoms with Gasteiger partial charge >= 0.3 is 6.03 Å². The number of nitrogens with zero attached hydrogens (tertiary/aromatic N) is 2. The molecule has 1 aliphatic heterocycles. The van der Waals surface area contributed by atoms with Crippen molar-refractivity contribution in [2.45, 2.75) is 0 Å². The van der Waals surface area contributed by atoms with Crippen LogP contribution in [0.5, 0.6) is 0 Å². The standard InChI is InChI=1S/C11H7N3O3/c12-6-8-9(15)13-11(17)14(10(8)16)7-4-2-1-3-5-7/h1-5,8H,(H,13,15,17). The lowest BCUT2D eigenvalue weighted by Gasteiger charge is -2.26. The summed E-state index contributed by atoms with van der Waals surface area (Å²) in [6, 6.07) is 8.84. The zero-order valence-electron chi connectivity index (χ0n) is 8.58. The van der Waals surface area contributed by atoms with E-state index in [1.807, 2.05) is 5.32 Å². The lowest BCUT2D eigenvalue weighted by molar-refractivity contribution is -0.131. The molecule has 1 N–H and O–H groups in total. The van der Waals surface area contributed by atoms with Crippen LogP contribution in [0.1, 0.15) is 0 Å². The lowest BCUT2D eigenvalue weighted by atomic mass is 10.1. The minimum atomic E-state index is -1.48. The van der Waals surface area contributed by atoms with Gasteiger partial charge in [0.15, 0.2) is 0 Å². The van der Waals surface area contributed by atoms with Gasteiger partial charge in [-0.05, 0) is 12.1 Å². The third-order valence-electron chi connectivity index (χ3n) is 2.31. The number of amides is 4. The van der Waals surface area contributed by atoms with Crippen LogP contribution in [0.3, 0.4) is 0 Å². The van der Waals surface area contributed by atoms with Gasteiger partial charge in [0.1, 0.15) is 0 Å². The van der Waals surface area contributed by atoms with Crippen molar-refractivity contribution < 1.29 is 14.4 Å². The van der Waals surface area contributed by atoms with Crippen LogP contribution in [-0.2, 0) is 9.59 Å². The van der Waals surface area contributed by atoms with E-state index < -0.39 is 23.8 Å². The van der Waals surface area contributed by atoms with E-state index in [0.29, 0.717) is 5.69 Å². The molecular weight excluding hydrogens is 222 g/mol. The molecule has 2 rings (SSSR count). The summed E-state index contributed by atoms with van der Waals surface area (Å²) in [4.78, 5) is 35.3. The van der Waals surface area contributed by atoms with Gasteiger partial charge in [-0.25, -0.2) is 9.69 Å². The van der Waals surface area contributed by atoms with Crippen LogP contribution in [0.2, 0.25) is 0 Å². The Morgan fingerprint density at radius 2 is 1.82 bits per heavy atom. The summed E-state index contributed by atoms with van der Waals surface area (Å²) in [6.45, 7) is 0. The second kappa shape index (κ2) is 4.06. The van der Waals surface area contributed by atoms with E-state index in [1.165, 1.54) is 0 Å². The second-order valence-electron chi connectivity index (χ2n) is 3.37. The summed E-state index contributed by atoms with van der Waals surface area (Å²) in [5.74, 6) is -3.19. The molecule has 1 aromatic rings. The molecule has 17 heavy (non-hydrogen) atoms. The first-order valence-electron chi connectivity index (χ1n) is 4.78. The zero-order chi connectivity index (χ0) is 12.4. The number of hydrogen-bond acceptors (Lipinski definition) is 4. The first-order chi connectivity index (χ1) is 8.15. The van der Waals surface area contributed by atoms with Crippen molar-refractivity contribution in [2.24, 2.45) is 5.92 Å². The lowest BCUT2D eigenvalue weighted by Crippen LogP contribution is -2.57. The molecule has 6 heteroatoms. The van der Waals surface area contributed by atoms with Crippen molar-refractivity contribution in [1.82, 2.24) is 5.32 Å². The maximum absolute atomic E-state index is 11.8. The maximum Gasteiger partial charge on any atom is 0.335 e. The predicted octanol–water partition coefficient (Wildman–Crippen LogP) is 0.409. The van der Waals surface area contributed by atoms with Crippen molar-refractivity contribution in [3.8, 4) is 6.07 Å². The smallest absolute Gasteiger partial charge is 0.276 e. The Bertz CT molecular complexity index is 533. The van der Waals surface area contributed by atoms with Gasteiger partial charge in [0.2, 0.25) is 5.92 Å². The highest BCUT2D eigenvalue weighted by Gasteiger charge is 2.41. The topological polar surface area (TPSA) is 90.3 Å². The van der Waals surface area contributed by atoms with Crippen molar-refractivity contribution in [3.05, 3.63) is 30.3 Å². The van der Waals surface area contributed by atoms with E-state index in [9.17, 15) is 14.4 Å². The normalized spacial score (nSPS) is 19.8. The highest BCUT2D eigenvalue weighted by atomic mass is 16.2. The highest BCUT2D eigenvalue weighted by molar-refractivity contribution is 6.28. The van der Waals surface area contributed by atoms with Crippen LogP contribution in [-0.4, -0.2) is 17.8 Å². The maximum atomic E-state index is 11.8. The molecule has 0 spiro atoms. The van der Waals surface area contributed by atoms with Crippen LogP contribution >= 0.6 is 0 Å². The van der Waals surface area contributed by atoms with E-state index >= 15 is 0 Å². The SMILES string of the molecule is N#CC1C(=O)NC(=O)N(c2ccccc2)C1=O. The van der Waals surface area contributed by atoms with Crippen LogP contribution in [0.15, 0.2) is 30.3 Å². The number of barbiturate groups is 1. The fraction of sp³-hybridized carbons (Fsp3) is 0.0909. The number of para-hydroxylation sites is 1. The molecule has 1 atom stereocenters. The number of urea groups is 1. The number of imide groups is 2. The number of hydrogen-bond donors (Lipinski definition) is 1. The van der Waals surface area contributed by atoms with Crippen molar-refractivity contribution in [3.63, 3.8) is 0 Å². The molecule has 6 nitrogen and oxygen atoms in total. The largest absolute Gasteiger partial charge is 0.335 e. The average Bonchev–Trinajstić information content (AvgIpc) is 2.30. The highest BCUT2D eigenvalue weighted by Crippen LogP contribution is 2.19. The van der Waals surface area contributed by atoms with Crippen LogP contribution in [0, 0.1) is 17.2 Å². The molecule has 1 unspecified atom stereocenters. The van der Waals surface area contributed by atoms with Gasteiger partial charge in [-0.3, -0.25) is 14.9 Å². The number of carbonyl (C=O) groups excluding carboxylic acids is 3. The fourth-order valence-corrected chi connectivity index (χ4v) is 1.51. The van der Waals surface area contributed by atoms with E-state index in [2.05, 4.69) is 0 Å². The van der Waals surface area contributed by atoms with Crippen LogP contribution < -0.4 is 10.2 Å². The molecule has 4 amide bonds. The minimum Gasteiger partial charge on any atom is -0.276 e. The molecule has 0 aliphatic carbocycles. The third kappa shape index (κ3) is 1.74. The summed E-state index contributed by atoms with van der Waals surface area (Å²) in [5.41, 5.74) is 0.322. The first-order valence-corrected chi connectivity index (χ1v) is 4.78. The number of nitrogens with one attached hydrogen (secondary N) is 1. The first kappa shape index (κ1) is 10.8. The summed E-state index contributed by atoms with van der Waals surface area (Å²) >= 11 is 0. The van der Waals surface area contributed by atoms with E-state index in [4.69, 9.17) is 5.26 Å². The van der Waals surface area contributed by atoms with E-state index in [1.54, 1.807) is 36.4 Å². The second-order valence-corrected chi connectivity index (χ2v) is 3.37. The summed E-state index contributed by atoms with van der Waals surface area (Å²) in [6.07, 6.45) is 0. The quantitative estimate of drug-likeness (QED) is 0.706. The predicted molar refractivity (Wildman–Crippen MR) is 56.6 cm³/mol. The van der Waals surface area contributed by atoms with Gasteiger partial charge in [-0.15, -0.1) is 0 Å². The summed E-state index contributed by atoms with van der Waals surface area (Å²) < 4.78 is 0. The summed E-state index contributed by atoms with van der Waals surface area (Å²) in [7, 11) is 0. The minimum absolute atomic E-state index is 0.322. The third-order valence-corrected chi connectivity index (χ3v) is 2.31. The fourth-order valence-electron chi connectivity index (χ4n) is 1.51. The molecular formula is C11H7N3O3. The van der Waals surface area contributed by atoms with Crippen molar-refractivity contribution >= 4 is 23.5 Å². The monoisotopic (exact) mass is 229 g/mol. The summed E-state index contributed by atoms with van der Waals surface area (Å²) in [5, 5.41) is 10.7. The molecule has 0 bridgehead atoms. The van der Waals surface area contributed by atoms with Crippen LogP contribution in [0.25, 0.3) is 0 Å². The molecule has 84 valence electrons. The van der Waals surface area contributed by atoms with Gasteiger partial charge in [0.05, 0.1) is 11.8 Å². The Kier molecular flexibility index (Phi) is 2.58. The Morgan fingerprint density at radius 1 is 1.18 bits per heavy atom. The molecule has 1 heterocycles. The molecule has 0 saturated carbocycles. The average molecular weight is 229 g/mol. The Labute approximate surface area is 96.4 Å². The molecule has 1 fully saturated rings. The number of rotatable bonds is 1. The Balaban J connectivity index is 2.41. The van der Waals surface area contributed by atoms with Crippen molar-refractivity contribution in [2.75, 3.05) is 4.90 Å². The Hall–Kier alpha value is -2.68.